The van der Waals surface area contributed by atoms with Crippen molar-refractivity contribution in [1.29, 1.82) is 0 Å². The molecule has 1 heterocycles. The van der Waals surface area contributed by atoms with Crippen LogP contribution in [0.1, 0.15) is 45.6 Å². The van der Waals surface area contributed by atoms with Gasteiger partial charge in [0.15, 0.2) is 11.5 Å². The Morgan fingerprint density at radius 3 is 2.40 bits per heavy atom. The summed E-state index contributed by atoms with van der Waals surface area (Å²) in [4.78, 5) is 0. The van der Waals surface area contributed by atoms with Gasteiger partial charge in [0.25, 0.3) is 0 Å². The first-order valence-electron chi connectivity index (χ1n) is 7.47. The van der Waals surface area contributed by atoms with Crippen molar-refractivity contribution in [2.45, 2.75) is 52.1 Å². The average molecular weight is 298 g/mol. The summed E-state index contributed by atoms with van der Waals surface area (Å²) in [5.74, 6) is 1.44. The van der Waals surface area contributed by atoms with Crippen molar-refractivity contribution in [1.82, 2.24) is 5.32 Å². The van der Waals surface area contributed by atoms with Crippen LogP contribution in [0.5, 0.6) is 11.5 Å². The Kier molecular flexibility index (Phi) is 5.17. The van der Waals surface area contributed by atoms with Gasteiger partial charge in [-0.2, -0.15) is 0 Å². The SMILES string of the molecule is CCC(CC)(CC)NCc1cc(Cl)c2c(c1)OCCO2. The van der Waals surface area contributed by atoms with E-state index in [-0.39, 0.29) is 5.54 Å². The summed E-state index contributed by atoms with van der Waals surface area (Å²) in [6.07, 6.45) is 3.37. The molecule has 0 saturated carbocycles. The molecule has 0 amide bonds. The van der Waals surface area contributed by atoms with Gasteiger partial charge < -0.3 is 14.8 Å². The first kappa shape index (κ1) is 15.5. The van der Waals surface area contributed by atoms with E-state index in [1.54, 1.807) is 0 Å². The van der Waals surface area contributed by atoms with Gasteiger partial charge in [-0.15, -0.1) is 0 Å². The maximum atomic E-state index is 6.27. The molecule has 1 aliphatic heterocycles. The number of benzene rings is 1. The van der Waals surface area contributed by atoms with Gasteiger partial charge in [-0.3, -0.25) is 0 Å². The molecule has 1 N–H and O–H groups in total. The van der Waals surface area contributed by atoms with E-state index in [1.807, 2.05) is 12.1 Å². The zero-order chi connectivity index (χ0) is 14.6. The van der Waals surface area contributed by atoms with Crippen molar-refractivity contribution >= 4 is 11.6 Å². The van der Waals surface area contributed by atoms with Crippen LogP contribution in [0.4, 0.5) is 0 Å². The summed E-state index contributed by atoms with van der Waals surface area (Å²) < 4.78 is 11.2. The van der Waals surface area contributed by atoms with Gasteiger partial charge in [0.2, 0.25) is 0 Å². The molecule has 1 aromatic rings. The van der Waals surface area contributed by atoms with Crippen LogP contribution in [0.2, 0.25) is 5.02 Å². The van der Waals surface area contributed by atoms with Crippen LogP contribution >= 0.6 is 11.6 Å². The van der Waals surface area contributed by atoms with Crippen LogP contribution in [0.25, 0.3) is 0 Å². The Morgan fingerprint density at radius 1 is 1.10 bits per heavy atom. The summed E-state index contributed by atoms with van der Waals surface area (Å²) in [6.45, 7) is 8.65. The Labute approximate surface area is 126 Å². The molecule has 1 aromatic carbocycles. The Balaban J connectivity index is 2.12. The van der Waals surface area contributed by atoms with Gasteiger partial charge >= 0.3 is 0 Å². The normalized spacial score (nSPS) is 14.4. The molecular weight excluding hydrogens is 274 g/mol. The molecule has 0 aliphatic carbocycles. The van der Waals surface area contributed by atoms with E-state index in [0.29, 0.717) is 24.0 Å². The standard InChI is InChI=1S/C16H24ClNO2/c1-4-16(5-2,6-3)18-11-12-9-13(17)15-14(10-12)19-7-8-20-15/h9-10,18H,4-8,11H2,1-3H3. The maximum absolute atomic E-state index is 6.27. The van der Waals surface area contributed by atoms with E-state index in [2.05, 4.69) is 26.1 Å². The first-order valence-corrected chi connectivity index (χ1v) is 7.85. The molecule has 4 heteroatoms. The van der Waals surface area contributed by atoms with Gasteiger partial charge in [-0.1, -0.05) is 32.4 Å². The van der Waals surface area contributed by atoms with Gasteiger partial charge in [0.05, 0.1) is 5.02 Å². The molecule has 0 spiro atoms. The number of nitrogens with one attached hydrogen (secondary N) is 1. The van der Waals surface area contributed by atoms with Crippen LogP contribution in [0, 0.1) is 0 Å². The first-order chi connectivity index (χ1) is 9.64. The molecule has 20 heavy (non-hydrogen) atoms. The van der Waals surface area contributed by atoms with E-state index in [4.69, 9.17) is 21.1 Å². The summed E-state index contributed by atoms with van der Waals surface area (Å²) in [7, 11) is 0. The molecule has 0 radical (unpaired) electrons. The summed E-state index contributed by atoms with van der Waals surface area (Å²) in [5.41, 5.74) is 1.35. The van der Waals surface area contributed by atoms with Crippen LogP contribution < -0.4 is 14.8 Å². The third-order valence-corrected chi connectivity index (χ3v) is 4.64. The van der Waals surface area contributed by atoms with Crippen molar-refractivity contribution < 1.29 is 9.47 Å². The highest BCUT2D eigenvalue weighted by Crippen LogP contribution is 2.38. The van der Waals surface area contributed by atoms with Crippen molar-refractivity contribution in [2.75, 3.05) is 13.2 Å². The van der Waals surface area contributed by atoms with Crippen molar-refractivity contribution in [3.8, 4) is 11.5 Å². The van der Waals surface area contributed by atoms with Crippen LogP contribution in [0.15, 0.2) is 12.1 Å². The molecule has 0 bridgehead atoms. The minimum atomic E-state index is 0.208. The predicted molar refractivity (Wildman–Crippen MR) is 82.9 cm³/mol. The molecule has 2 rings (SSSR count). The molecule has 1 aliphatic rings. The van der Waals surface area contributed by atoms with E-state index in [0.717, 1.165) is 37.1 Å². The second-order valence-corrected chi connectivity index (χ2v) is 5.70. The van der Waals surface area contributed by atoms with Crippen LogP contribution in [0.3, 0.4) is 0 Å². The highest BCUT2D eigenvalue weighted by molar-refractivity contribution is 6.32. The van der Waals surface area contributed by atoms with Gasteiger partial charge in [-0.05, 0) is 37.0 Å². The van der Waals surface area contributed by atoms with Crippen molar-refractivity contribution in [2.24, 2.45) is 0 Å². The third-order valence-electron chi connectivity index (χ3n) is 4.35. The predicted octanol–water partition coefficient (Wildman–Crippen LogP) is 4.17. The van der Waals surface area contributed by atoms with Crippen molar-refractivity contribution in [3.05, 3.63) is 22.7 Å². The number of hydrogen-bond acceptors (Lipinski definition) is 3. The minimum absolute atomic E-state index is 0.208. The van der Waals surface area contributed by atoms with Gasteiger partial charge in [0.1, 0.15) is 13.2 Å². The fourth-order valence-corrected chi connectivity index (χ4v) is 2.97. The molecule has 3 nitrogen and oxygen atoms in total. The van der Waals surface area contributed by atoms with E-state index >= 15 is 0 Å². The minimum Gasteiger partial charge on any atom is -0.486 e. The number of ether oxygens (including phenoxy) is 2. The lowest BCUT2D eigenvalue weighted by Gasteiger charge is -2.32. The monoisotopic (exact) mass is 297 g/mol. The zero-order valence-electron chi connectivity index (χ0n) is 12.6. The lowest BCUT2D eigenvalue weighted by molar-refractivity contribution is 0.171. The van der Waals surface area contributed by atoms with Gasteiger partial charge in [0, 0.05) is 12.1 Å². The highest BCUT2D eigenvalue weighted by Gasteiger charge is 2.23. The molecule has 0 aromatic heterocycles. The van der Waals surface area contributed by atoms with Crippen LogP contribution in [-0.4, -0.2) is 18.8 Å². The molecule has 0 saturated heterocycles. The Bertz CT molecular complexity index is 450. The maximum Gasteiger partial charge on any atom is 0.179 e. The molecule has 0 atom stereocenters. The lowest BCUT2D eigenvalue weighted by Crippen LogP contribution is -2.43. The summed E-state index contributed by atoms with van der Waals surface area (Å²) in [5, 5.41) is 4.31. The molecule has 112 valence electrons. The summed E-state index contributed by atoms with van der Waals surface area (Å²) in [6, 6.07) is 3.99. The van der Waals surface area contributed by atoms with E-state index in [9.17, 15) is 0 Å². The zero-order valence-corrected chi connectivity index (χ0v) is 13.3. The lowest BCUT2D eigenvalue weighted by atomic mass is 9.89. The second-order valence-electron chi connectivity index (χ2n) is 5.30. The molecule has 0 fully saturated rings. The molecular formula is C16H24ClNO2. The topological polar surface area (TPSA) is 30.5 Å². The summed E-state index contributed by atoms with van der Waals surface area (Å²) >= 11 is 6.27. The fraction of sp³-hybridized carbons (Fsp3) is 0.625. The van der Waals surface area contributed by atoms with E-state index in [1.165, 1.54) is 0 Å². The number of rotatable bonds is 6. The Hall–Kier alpha value is -0.930. The van der Waals surface area contributed by atoms with Crippen LogP contribution in [-0.2, 0) is 6.54 Å². The number of hydrogen-bond donors (Lipinski definition) is 1. The fourth-order valence-electron chi connectivity index (χ4n) is 2.68. The Morgan fingerprint density at radius 2 is 1.75 bits per heavy atom. The van der Waals surface area contributed by atoms with Crippen molar-refractivity contribution in [3.63, 3.8) is 0 Å². The van der Waals surface area contributed by atoms with E-state index < -0.39 is 0 Å². The number of halogens is 1. The average Bonchev–Trinajstić information content (AvgIpc) is 2.49. The second kappa shape index (κ2) is 6.68. The van der Waals surface area contributed by atoms with Gasteiger partial charge in [-0.25, -0.2) is 0 Å². The largest absolute Gasteiger partial charge is 0.486 e. The highest BCUT2D eigenvalue weighted by atomic mass is 35.5. The smallest absolute Gasteiger partial charge is 0.179 e. The third kappa shape index (κ3) is 3.21. The number of fused-ring (bicyclic) bond motifs is 1. The quantitative estimate of drug-likeness (QED) is 0.855. The molecule has 0 unspecified atom stereocenters.